The Morgan fingerprint density at radius 2 is 0.809 bits per heavy atom. The smallest absolute Gasteiger partial charge is 0.164 e. The Morgan fingerprint density at radius 1 is 0.319 bits per heavy atom. The first-order chi connectivity index (χ1) is 23.3. The van der Waals surface area contributed by atoms with Crippen LogP contribution in [0.1, 0.15) is 0 Å². The summed E-state index contributed by atoms with van der Waals surface area (Å²) < 4.78 is 6.20. The quantitative estimate of drug-likeness (QED) is 0.197. The van der Waals surface area contributed by atoms with Crippen LogP contribution in [0.15, 0.2) is 168 Å². The molecule has 47 heavy (non-hydrogen) atoms. The molecule has 0 saturated carbocycles. The fraction of sp³-hybridized carbons (Fsp3) is 0. The van der Waals surface area contributed by atoms with Gasteiger partial charge in [0.05, 0.1) is 0 Å². The van der Waals surface area contributed by atoms with Crippen molar-refractivity contribution >= 4 is 32.7 Å². The lowest BCUT2D eigenvalue weighted by Crippen LogP contribution is -2.00. The van der Waals surface area contributed by atoms with E-state index in [1.807, 2.05) is 78.9 Å². The molecule has 0 spiro atoms. The lowest BCUT2D eigenvalue weighted by molar-refractivity contribution is 0.669. The molecule has 0 unspecified atom stereocenters. The first kappa shape index (κ1) is 27.0. The Balaban J connectivity index is 1.21. The van der Waals surface area contributed by atoms with E-state index in [-0.39, 0.29) is 0 Å². The van der Waals surface area contributed by atoms with Gasteiger partial charge >= 0.3 is 0 Å². The third-order valence-electron chi connectivity index (χ3n) is 8.75. The van der Waals surface area contributed by atoms with Gasteiger partial charge < -0.3 is 4.42 Å². The van der Waals surface area contributed by atoms with Crippen molar-refractivity contribution in [1.82, 2.24) is 15.0 Å². The number of benzene rings is 7. The van der Waals surface area contributed by atoms with Gasteiger partial charge in [-0.3, -0.25) is 0 Å². The zero-order valence-corrected chi connectivity index (χ0v) is 25.3. The largest absolute Gasteiger partial charge is 0.456 e. The maximum Gasteiger partial charge on any atom is 0.164 e. The number of fused-ring (bicyclic) bond motifs is 4. The van der Waals surface area contributed by atoms with Gasteiger partial charge in [0, 0.05) is 27.5 Å². The van der Waals surface area contributed by atoms with E-state index in [4.69, 9.17) is 19.4 Å². The highest BCUT2D eigenvalue weighted by Crippen LogP contribution is 2.40. The summed E-state index contributed by atoms with van der Waals surface area (Å²) in [4.78, 5) is 14.9. The lowest BCUT2D eigenvalue weighted by Gasteiger charge is -2.14. The Hall–Kier alpha value is -6.39. The molecule has 9 rings (SSSR count). The standard InChI is InChI=1S/C43H27N3O/c1-3-13-28(14-4-1)41-44-42(29-15-5-2-6-16-29)46-43(45-41)36-26-25-32(34-19-7-8-20-35(34)36)30-17-11-18-31(27-30)33-22-12-24-39-40(33)37-21-9-10-23-38(37)47-39/h1-27H. The second-order valence-corrected chi connectivity index (χ2v) is 11.6. The molecular weight excluding hydrogens is 574 g/mol. The van der Waals surface area contributed by atoms with Crippen molar-refractivity contribution in [2.45, 2.75) is 0 Å². The molecule has 4 nitrogen and oxygen atoms in total. The molecule has 0 aliphatic carbocycles. The Morgan fingerprint density at radius 3 is 1.51 bits per heavy atom. The number of rotatable bonds is 5. The van der Waals surface area contributed by atoms with Gasteiger partial charge in [-0.25, -0.2) is 15.0 Å². The lowest BCUT2D eigenvalue weighted by atomic mass is 9.92. The molecule has 0 atom stereocenters. The molecule has 0 bridgehead atoms. The van der Waals surface area contributed by atoms with Crippen molar-refractivity contribution in [2.75, 3.05) is 0 Å². The van der Waals surface area contributed by atoms with Gasteiger partial charge in [-0.15, -0.1) is 0 Å². The summed E-state index contributed by atoms with van der Waals surface area (Å²) in [5, 5.41) is 4.48. The predicted octanol–water partition coefficient (Wildman–Crippen LogP) is 11.3. The molecule has 220 valence electrons. The molecule has 0 fully saturated rings. The highest BCUT2D eigenvalue weighted by atomic mass is 16.3. The fourth-order valence-electron chi connectivity index (χ4n) is 6.54. The van der Waals surface area contributed by atoms with E-state index >= 15 is 0 Å². The summed E-state index contributed by atoms with van der Waals surface area (Å²) in [6.45, 7) is 0. The number of furan rings is 1. The van der Waals surface area contributed by atoms with Crippen molar-refractivity contribution in [2.24, 2.45) is 0 Å². The third kappa shape index (κ3) is 4.75. The third-order valence-corrected chi connectivity index (χ3v) is 8.75. The van der Waals surface area contributed by atoms with E-state index in [1.165, 1.54) is 0 Å². The summed E-state index contributed by atoms with van der Waals surface area (Å²) in [6, 6.07) is 56.4. The molecule has 2 aromatic heterocycles. The zero-order chi connectivity index (χ0) is 31.2. The van der Waals surface area contributed by atoms with E-state index in [2.05, 4.69) is 84.9 Å². The second-order valence-electron chi connectivity index (χ2n) is 11.6. The number of nitrogens with zero attached hydrogens (tertiary/aromatic N) is 3. The van der Waals surface area contributed by atoms with E-state index in [1.54, 1.807) is 0 Å². The minimum absolute atomic E-state index is 0.646. The molecule has 0 aliphatic heterocycles. The maximum atomic E-state index is 6.20. The van der Waals surface area contributed by atoms with Gasteiger partial charge in [0.25, 0.3) is 0 Å². The van der Waals surface area contributed by atoms with Gasteiger partial charge in [0.15, 0.2) is 17.5 Å². The molecule has 4 heteroatoms. The van der Waals surface area contributed by atoms with Crippen molar-refractivity contribution in [1.29, 1.82) is 0 Å². The van der Waals surface area contributed by atoms with Gasteiger partial charge in [-0.1, -0.05) is 140 Å². The highest BCUT2D eigenvalue weighted by molar-refractivity contribution is 6.13. The predicted molar refractivity (Wildman–Crippen MR) is 192 cm³/mol. The van der Waals surface area contributed by atoms with E-state index in [0.29, 0.717) is 17.5 Å². The van der Waals surface area contributed by atoms with Crippen LogP contribution in [0.5, 0.6) is 0 Å². The topological polar surface area (TPSA) is 51.8 Å². The molecule has 0 N–H and O–H groups in total. The van der Waals surface area contributed by atoms with Crippen molar-refractivity contribution < 1.29 is 4.42 Å². The zero-order valence-electron chi connectivity index (χ0n) is 25.3. The van der Waals surface area contributed by atoms with Gasteiger partial charge in [0.2, 0.25) is 0 Å². The Labute approximate surface area is 271 Å². The average Bonchev–Trinajstić information content (AvgIpc) is 3.54. The van der Waals surface area contributed by atoms with Gasteiger partial charge in [-0.05, 0) is 57.3 Å². The minimum atomic E-state index is 0.646. The molecular formula is C43H27N3O. The normalized spacial score (nSPS) is 11.4. The summed E-state index contributed by atoms with van der Waals surface area (Å²) >= 11 is 0. The number of para-hydroxylation sites is 1. The average molecular weight is 602 g/mol. The molecule has 0 amide bonds. The van der Waals surface area contributed by atoms with Crippen LogP contribution in [0.2, 0.25) is 0 Å². The fourth-order valence-corrected chi connectivity index (χ4v) is 6.54. The summed E-state index contributed by atoms with van der Waals surface area (Å²) in [7, 11) is 0. The van der Waals surface area contributed by atoms with Crippen LogP contribution in [-0.4, -0.2) is 15.0 Å². The summed E-state index contributed by atoms with van der Waals surface area (Å²) in [5.74, 6) is 1.94. The van der Waals surface area contributed by atoms with E-state index in [9.17, 15) is 0 Å². The second kappa shape index (κ2) is 11.2. The van der Waals surface area contributed by atoms with Gasteiger partial charge in [0.1, 0.15) is 11.2 Å². The minimum Gasteiger partial charge on any atom is -0.456 e. The summed E-state index contributed by atoms with van der Waals surface area (Å²) in [5.41, 5.74) is 9.25. The van der Waals surface area contributed by atoms with Crippen molar-refractivity contribution in [3.8, 4) is 56.4 Å². The van der Waals surface area contributed by atoms with Crippen LogP contribution in [0.3, 0.4) is 0 Å². The van der Waals surface area contributed by atoms with Crippen LogP contribution in [0.4, 0.5) is 0 Å². The molecule has 0 saturated heterocycles. The SMILES string of the molecule is c1ccc(-c2nc(-c3ccccc3)nc(-c3ccc(-c4cccc(-c5cccc6oc7ccccc7c56)c4)c4ccccc34)n2)cc1. The highest BCUT2D eigenvalue weighted by Gasteiger charge is 2.17. The van der Waals surface area contributed by atoms with Crippen LogP contribution < -0.4 is 0 Å². The molecule has 9 aromatic rings. The molecule has 7 aromatic carbocycles. The van der Waals surface area contributed by atoms with E-state index < -0.39 is 0 Å². The molecule has 0 radical (unpaired) electrons. The number of hydrogen-bond acceptors (Lipinski definition) is 4. The monoisotopic (exact) mass is 601 g/mol. The Bertz CT molecular complexity index is 2510. The number of aromatic nitrogens is 3. The van der Waals surface area contributed by atoms with E-state index in [0.717, 1.165) is 71.7 Å². The van der Waals surface area contributed by atoms with Gasteiger partial charge in [-0.2, -0.15) is 0 Å². The molecule has 2 heterocycles. The summed E-state index contributed by atoms with van der Waals surface area (Å²) in [6.07, 6.45) is 0. The van der Waals surface area contributed by atoms with Crippen LogP contribution in [0, 0.1) is 0 Å². The molecule has 0 aliphatic rings. The first-order valence-electron chi connectivity index (χ1n) is 15.7. The van der Waals surface area contributed by atoms with Crippen molar-refractivity contribution in [3.63, 3.8) is 0 Å². The van der Waals surface area contributed by atoms with Crippen molar-refractivity contribution in [3.05, 3.63) is 164 Å². The van der Waals surface area contributed by atoms with Crippen LogP contribution in [-0.2, 0) is 0 Å². The number of hydrogen-bond donors (Lipinski definition) is 0. The van der Waals surface area contributed by atoms with Crippen LogP contribution in [0.25, 0.3) is 89.1 Å². The Kier molecular flexibility index (Phi) is 6.43. The first-order valence-corrected chi connectivity index (χ1v) is 15.7. The maximum absolute atomic E-state index is 6.20. The van der Waals surface area contributed by atoms with Crippen LogP contribution >= 0.6 is 0 Å².